The molecule has 2 rings (SSSR count). The van der Waals surface area contributed by atoms with Crippen molar-refractivity contribution >= 4 is 29.3 Å². The fraction of sp³-hybridized carbons (Fsp3) is 0.500. The molecule has 0 amide bonds. The van der Waals surface area contributed by atoms with Crippen LogP contribution in [0.1, 0.15) is 29.6 Å². The minimum absolute atomic E-state index is 0. The third-order valence-corrected chi connectivity index (χ3v) is 4.80. The second-order valence-electron chi connectivity index (χ2n) is 5.58. The predicted octanol–water partition coefficient (Wildman–Crippen LogP) is 4.04. The van der Waals surface area contributed by atoms with Crippen LogP contribution in [0.25, 0.3) is 0 Å². The SMILES string of the molecule is C=CCOCC(CN1CCCCC1)SC(=O)c1ccccc1.Cl. The van der Waals surface area contributed by atoms with Gasteiger partial charge in [0.15, 0.2) is 0 Å². The first kappa shape index (κ1) is 20.2. The summed E-state index contributed by atoms with van der Waals surface area (Å²) in [6.07, 6.45) is 5.60. The average molecular weight is 356 g/mol. The van der Waals surface area contributed by atoms with Crippen LogP contribution in [0.2, 0.25) is 0 Å². The molecule has 3 nitrogen and oxygen atoms in total. The highest BCUT2D eigenvalue weighted by molar-refractivity contribution is 8.14. The molecule has 0 radical (unpaired) electrons. The topological polar surface area (TPSA) is 29.5 Å². The fourth-order valence-corrected chi connectivity index (χ4v) is 3.65. The lowest BCUT2D eigenvalue weighted by atomic mass is 10.1. The number of benzene rings is 1. The molecule has 0 saturated carbocycles. The molecule has 1 fully saturated rings. The smallest absolute Gasteiger partial charge is 0.219 e. The molecule has 1 heterocycles. The van der Waals surface area contributed by atoms with Gasteiger partial charge in [-0.05, 0) is 25.9 Å². The summed E-state index contributed by atoms with van der Waals surface area (Å²) in [5.74, 6) is 0. The van der Waals surface area contributed by atoms with Crippen LogP contribution in [0, 0.1) is 0 Å². The van der Waals surface area contributed by atoms with Crippen molar-refractivity contribution < 1.29 is 9.53 Å². The highest BCUT2D eigenvalue weighted by atomic mass is 35.5. The maximum absolute atomic E-state index is 12.4. The van der Waals surface area contributed by atoms with Gasteiger partial charge in [0.05, 0.1) is 13.2 Å². The van der Waals surface area contributed by atoms with E-state index in [2.05, 4.69) is 11.5 Å². The van der Waals surface area contributed by atoms with Crippen LogP contribution in [0.5, 0.6) is 0 Å². The van der Waals surface area contributed by atoms with E-state index in [1.165, 1.54) is 31.0 Å². The lowest BCUT2D eigenvalue weighted by molar-refractivity contribution is 0.108. The Bertz CT molecular complexity index is 463. The van der Waals surface area contributed by atoms with Crippen molar-refractivity contribution in [3.8, 4) is 0 Å². The minimum atomic E-state index is 0. The van der Waals surface area contributed by atoms with Crippen molar-refractivity contribution in [3.05, 3.63) is 48.6 Å². The van der Waals surface area contributed by atoms with E-state index in [-0.39, 0.29) is 22.8 Å². The molecule has 0 aliphatic carbocycles. The lowest BCUT2D eigenvalue weighted by Crippen LogP contribution is -2.37. The van der Waals surface area contributed by atoms with Crippen molar-refractivity contribution in [3.63, 3.8) is 0 Å². The van der Waals surface area contributed by atoms with Gasteiger partial charge in [0.25, 0.3) is 0 Å². The number of carbonyl (C=O) groups is 1. The Labute approximate surface area is 149 Å². The Morgan fingerprint density at radius 3 is 2.61 bits per heavy atom. The summed E-state index contributed by atoms with van der Waals surface area (Å²) in [5, 5.41) is 0.301. The Hall–Kier alpha value is -0.810. The molecule has 128 valence electrons. The summed E-state index contributed by atoms with van der Waals surface area (Å²) < 4.78 is 5.61. The highest BCUT2D eigenvalue weighted by Gasteiger charge is 2.20. The molecule has 0 aromatic heterocycles. The number of nitrogens with zero attached hydrogens (tertiary/aromatic N) is 1. The summed E-state index contributed by atoms with van der Waals surface area (Å²) in [6, 6.07) is 9.49. The zero-order valence-electron chi connectivity index (χ0n) is 13.5. The van der Waals surface area contributed by atoms with E-state index in [0.29, 0.717) is 13.2 Å². The number of thioether (sulfide) groups is 1. The summed E-state index contributed by atoms with van der Waals surface area (Å²) in [5.41, 5.74) is 0.764. The maximum Gasteiger partial charge on any atom is 0.219 e. The normalized spacial score (nSPS) is 16.3. The first-order valence-corrected chi connectivity index (χ1v) is 8.84. The molecule has 1 aliphatic heterocycles. The first-order chi connectivity index (χ1) is 10.8. The quantitative estimate of drug-likeness (QED) is 0.520. The molecule has 0 spiro atoms. The third-order valence-electron chi connectivity index (χ3n) is 3.73. The Balaban J connectivity index is 0.00000264. The Kier molecular flexibility index (Phi) is 10.3. The molecule has 1 aliphatic rings. The Morgan fingerprint density at radius 1 is 1.26 bits per heavy atom. The molecule has 1 unspecified atom stereocenters. The van der Waals surface area contributed by atoms with Gasteiger partial charge in [-0.15, -0.1) is 19.0 Å². The van der Waals surface area contributed by atoms with Gasteiger partial charge >= 0.3 is 0 Å². The van der Waals surface area contributed by atoms with Gasteiger partial charge < -0.3 is 9.64 Å². The zero-order valence-corrected chi connectivity index (χ0v) is 15.1. The standard InChI is InChI=1S/C18H25NO2S.ClH/c1-2-13-21-15-17(14-19-11-7-4-8-12-19)22-18(20)16-9-5-3-6-10-16;/h2-3,5-6,9-10,17H,1,4,7-8,11-15H2;1H. The molecule has 1 saturated heterocycles. The molecular weight excluding hydrogens is 330 g/mol. The van der Waals surface area contributed by atoms with E-state index in [4.69, 9.17) is 4.74 Å². The monoisotopic (exact) mass is 355 g/mol. The number of hydrogen-bond acceptors (Lipinski definition) is 4. The van der Waals surface area contributed by atoms with Crippen LogP contribution >= 0.6 is 24.2 Å². The van der Waals surface area contributed by atoms with Crippen LogP contribution in [0.3, 0.4) is 0 Å². The van der Waals surface area contributed by atoms with Gasteiger partial charge in [-0.25, -0.2) is 0 Å². The second-order valence-corrected chi connectivity index (χ2v) is 6.85. The van der Waals surface area contributed by atoms with Gasteiger partial charge in [0.1, 0.15) is 0 Å². The van der Waals surface area contributed by atoms with E-state index in [0.717, 1.165) is 25.2 Å². The minimum Gasteiger partial charge on any atom is -0.376 e. The van der Waals surface area contributed by atoms with Gasteiger partial charge in [-0.3, -0.25) is 4.79 Å². The van der Waals surface area contributed by atoms with Crippen LogP contribution in [0.15, 0.2) is 43.0 Å². The molecule has 1 aromatic carbocycles. The lowest BCUT2D eigenvalue weighted by Gasteiger charge is -2.29. The molecule has 23 heavy (non-hydrogen) atoms. The van der Waals surface area contributed by atoms with E-state index < -0.39 is 0 Å². The molecule has 0 N–H and O–H groups in total. The summed E-state index contributed by atoms with van der Waals surface area (Å²) >= 11 is 1.40. The average Bonchev–Trinajstić information content (AvgIpc) is 2.56. The van der Waals surface area contributed by atoms with E-state index >= 15 is 0 Å². The number of hydrogen-bond donors (Lipinski definition) is 0. The van der Waals surface area contributed by atoms with Gasteiger partial charge in [0, 0.05) is 17.4 Å². The molecule has 0 bridgehead atoms. The number of carbonyl (C=O) groups excluding carboxylic acids is 1. The van der Waals surface area contributed by atoms with Crippen LogP contribution < -0.4 is 0 Å². The zero-order chi connectivity index (χ0) is 15.6. The second kappa shape index (κ2) is 11.7. The Morgan fingerprint density at radius 2 is 1.96 bits per heavy atom. The van der Waals surface area contributed by atoms with Crippen molar-refractivity contribution in [1.29, 1.82) is 0 Å². The maximum atomic E-state index is 12.4. The van der Waals surface area contributed by atoms with Crippen molar-refractivity contribution in [2.24, 2.45) is 0 Å². The summed E-state index contributed by atoms with van der Waals surface area (Å²) in [7, 11) is 0. The van der Waals surface area contributed by atoms with Crippen LogP contribution in [-0.2, 0) is 4.74 Å². The number of halogens is 1. The van der Waals surface area contributed by atoms with Gasteiger partial charge in [0.2, 0.25) is 5.12 Å². The van der Waals surface area contributed by atoms with Crippen molar-refractivity contribution in [1.82, 2.24) is 4.90 Å². The van der Waals surface area contributed by atoms with Crippen LogP contribution in [-0.4, -0.2) is 48.1 Å². The number of piperidine rings is 1. The van der Waals surface area contributed by atoms with Crippen LogP contribution in [0.4, 0.5) is 0 Å². The van der Waals surface area contributed by atoms with Gasteiger partial charge in [-0.1, -0.05) is 54.6 Å². The first-order valence-electron chi connectivity index (χ1n) is 7.96. The predicted molar refractivity (Wildman–Crippen MR) is 101 cm³/mol. The molecule has 1 aromatic rings. The summed E-state index contributed by atoms with van der Waals surface area (Å²) in [6.45, 7) is 7.99. The van der Waals surface area contributed by atoms with Gasteiger partial charge in [-0.2, -0.15) is 0 Å². The third kappa shape index (κ3) is 7.53. The van der Waals surface area contributed by atoms with E-state index in [9.17, 15) is 4.79 Å². The van der Waals surface area contributed by atoms with E-state index in [1.807, 2.05) is 30.3 Å². The number of likely N-dealkylation sites (tertiary alicyclic amines) is 1. The van der Waals surface area contributed by atoms with Crippen molar-refractivity contribution in [2.75, 3.05) is 32.8 Å². The fourth-order valence-electron chi connectivity index (χ4n) is 2.63. The summed E-state index contributed by atoms with van der Waals surface area (Å²) in [4.78, 5) is 14.9. The largest absolute Gasteiger partial charge is 0.376 e. The number of rotatable bonds is 8. The number of ether oxygens (including phenoxy) is 1. The van der Waals surface area contributed by atoms with Crippen molar-refractivity contribution in [2.45, 2.75) is 24.5 Å². The molecule has 5 heteroatoms. The van der Waals surface area contributed by atoms with E-state index in [1.54, 1.807) is 6.08 Å². The molecule has 1 atom stereocenters. The molecular formula is C18H26ClNO2S. The highest BCUT2D eigenvalue weighted by Crippen LogP contribution is 2.21.